The number of esters is 1. The first-order valence-electron chi connectivity index (χ1n) is 12.3. The molecule has 1 aliphatic heterocycles. The van der Waals surface area contributed by atoms with Gasteiger partial charge < -0.3 is 13.9 Å². The summed E-state index contributed by atoms with van der Waals surface area (Å²) in [4.78, 5) is 32.0. The van der Waals surface area contributed by atoms with Crippen LogP contribution in [0.5, 0.6) is 5.75 Å². The molecule has 4 aromatic rings. The lowest BCUT2D eigenvalue weighted by Gasteiger charge is -2.24. The van der Waals surface area contributed by atoms with E-state index in [9.17, 15) is 9.59 Å². The van der Waals surface area contributed by atoms with Crippen LogP contribution in [0.2, 0.25) is 0 Å². The number of furan rings is 1. The number of carbonyl (C=O) groups excluding carboxylic acids is 1. The Morgan fingerprint density at radius 3 is 2.72 bits per heavy atom. The predicted molar refractivity (Wildman–Crippen MR) is 154 cm³/mol. The molecule has 0 saturated carbocycles. The van der Waals surface area contributed by atoms with E-state index >= 15 is 0 Å². The second kappa shape index (κ2) is 11.4. The average Bonchev–Trinajstić information content (AvgIpc) is 3.51. The molecular formula is C30H25BrN2O5S. The number of hydrogen-bond donors (Lipinski definition) is 0. The normalized spacial score (nSPS) is 15.1. The molecule has 1 atom stereocenters. The van der Waals surface area contributed by atoms with Gasteiger partial charge >= 0.3 is 5.97 Å². The van der Waals surface area contributed by atoms with Gasteiger partial charge in [-0.3, -0.25) is 9.36 Å². The average molecular weight is 606 g/mol. The monoisotopic (exact) mass is 604 g/mol. The molecule has 0 spiro atoms. The van der Waals surface area contributed by atoms with Gasteiger partial charge in [0.15, 0.2) is 4.80 Å². The maximum atomic E-state index is 13.8. The summed E-state index contributed by atoms with van der Waals surface area (Å²) in [6.07, 6.45) is 3.37. The van der Waals surface area contributed by atoms with Crippen molar-refractivity contribution in [2.75, 3.05) is 13.2 Å². The summed E-state index contributed by atoms with van der Waals surface area (Å²) in [6, 6.07) is 18.1. The van der Waals surface area contributed by atoms with Crippen LogP contribution in [-0.4, -0.2) is 23.8 Å². The van der Waals surface area contributed by atoms with E-state index < -0.39 is 12.0 Å². The number of halogens is 1. The third kappa shape index (κ3) is 5.46. The molecule has 1 aliphatic rings. The van der Waals surface area contributed by atoms with Crippen molar-refractivity contribution in [2.45, 2.75) is 19.9 Å². The van der Waals surface area contributed by atoms with Gasteiger partial charge in [-0.15, -0.1) is 0 Å². The number of benzene rings is 2. The molecule has 198 valence electrons. The first kappa shape index (κ1) is 26.6. The smallest absolute Gasteiger partial charge is 0.338 e. The van der Waals surface area contributed by atoms with E-state index in [-0.39, 0.29) is 12.2 Å². The van der Waals surface area contributed by atoms with Crippen molar-refractivity contribution in [2.24, 2.45) is 4.99 Å². The van der Waals surface area contributed by atoms with Crippen LogP contribution in [0.15, 0.2) is 103 Å². The Labute approximate surface area is 237 Å². The number of ether oxygens (including phenoxy) is 2. The first-order valence-corrected chi connectivity index (χ1v) is 13.9. The minimum absolute atomic E-state index is 0.208. The van der Waals surface area contributed by atoms with Gasteiger partial charge in [0, 0.05) is 16.1 Å². The van der Waals surface area contributed by atoms with Crippen molar-refractivity contribution in [1.29, 1.82) is 0 Å². The predicted octanol–water partition coefficient (Wildman–Crippen LogP) is 5.39. The maximum absolute atomic E-state index is 13.8. The van der Waals surface area contributed by atoms with Gasteiger partial charge in [-0.05, 0) is 55.8 Å². The summed E-state index contributed by atoms with van der Waals surface area (Å²) in [6.45, 7) is 7.75. The fourth-order valence-electron chi connectivity index (χ4n) is 4.36. The lowest BCUT2D eigenvalue weighted by atomic mass is 9.96. The molecule has 0 amide bonds. The van der Waals surface area contributed by atoms with E-state index in [0.717, 1.165) is 15.6 Å². The molecule has 0 saturated heterocycles. The molecule has 7 nitrogen and oxygen atoms in total. The summed E-state index contributed by atoms with van der Waals surface area (Å²) in [5.41, 5.74) is 2.21. The highest BCUT2D eigenvalue weighted by Crippen LogP contribution is 2.32. The summed E-state index contributed by atoms with van der Waals surface area (Å²) in [7, 11) is 0. The van der Waals surface area contributed by atoms with Gasteiger partial charge in [-0.2, -0.15) is 0 Å². The third-order valence-electron chi connectivity index (χ3n) is 6.09. The van der Waals surface area contributed by atoms with E-state index in [2.05, 4.69) is 27.5 Å². The molecule has 3 heterocycles. The van der Waals surface area contributed by atoms with Gasteiger partial charge in [0.1, 0.15) is 23.9 Å². The molecule has 0 fully saturated rings. The van der Waals surface area contributed by atoms with E-state index in [4.69, 9.17) is 13.9 Å². The Kier molecular flexibility index (Phi) is 7.81. The highest BCUT2D eigenvalue weighted by molar-refractivity contribution is 9.10. The molecule has 0 N–H and O–H groups in total. The fourth-order valence-corrected chi connectivity index (χ4v) is 5.79. The van der Waals surface area contributed by atoms with Gasteiger partial charge in [-0.25, -0.2) is 9.79 Å². The van der Waals surface area contributed by atoms with E-state index in [1.165, 1.54) is 11.3 Å². The Morgan fingerprint density at radius 2 is 2.00 bits per heavy atom. The second-order valence-corrected chi connectivity index (χ2v) is 10.6. The summed E-state index contributed by atoms with van der Waals surface area (Å²) < 4.78 is 19.9. The van der Waals surface area contributed by atoms with E-state index in [1.807, 2.05) is 48.5 Å². The van der Waals surface area contributed by atoms with Crippen LogP contribution in [0.4, 0.5) is 0 Å². The zero-order chi connectivity index (χ0) is 27.5. The van der Waals surface area contributed by atoms with Gasteiger partial charge in [0.25, 0.3) is 5.56 Å². The van der Waals surface area contributed by atoms with E-state index in [1.54, 1.807) is 42.7 Å². The summed E-state index contributed by atoms with van der Waals surface area (Å²) in [5, 5.41) is 0. The van der Waals surface area contributed by atoms with Gasteiger partial charge in [0.05, 0.1) is 28.5 Å². The lowest BCUT2D eigenvalue weighted by Crippen LogP contribution is -2.39. The number of carbonyl (C=O) groups is 1. The maximum Gasteiger partial charge on any atom is 0.338 e. The summed E-state index contributed by atoms with van der Waals surface area (Å²) in [5.74, 6) is 1.38. The number of thiazole rings is 1. The second-order valence-electron chi connectivity index (χ2n) is 8.68. The molecule has 0 bridgehead atoms. The third-order valence-corrected chi connectivity index (χ3v) is 7.57. The molecule has 39 heavy (non-hydrogen) atoms. The highest BCUT2D eigenvalue weighted by atomic mass is 79.9. The van der Waals surface area contributed by atoms with Crippen molar-refractivity contribution in [3.05, 3.63) is 120 Å². The topological polar surface area (TPSA) is 83.0 Å². The quantitative estimate of drug-likeness (QED) is 0.199. The molecule has 0 unspecified atom stereocenters. The van der Waals surface area contributed by atoms with E-state index in [0.29, 0.717) is 44.5 Å². The molecule has 9 heteroatoms. The number of fused-ring (bicyclic) bond motifs is 1. The minimum atomic E-state index is -0.704. The molecule has 0 radical (unpaired) electrons. The first-order chi connectivity index (χ1) is 18.9. The zero-order valence-electron chi connectivity index (χ0n) is 21.3. The molecule has 2 aromatic heterocycles. The summed E-state index contributed by atoms with van der Waals surface area (Å²) >= 11 is 4.73. The van der Waals surface area contributed by atoms with Crippen molar-refractivity contribution < 1.29 is 18.7 Å². The Hall–Kier alpha value is -3.95. The van der Waals surface area contributed by atoms with Gasteiger partial charge in [-0.1, -0.05) is 64.2 Å². The number of aromatic nitrogens is 1. The Bertz CT molecular complexity index is 1760. The van der Waals surface area contributed by atoms with Crippen LogP contribution in [-0.2, 0) is 9.53 Å². The fraction of sp³-hybridized carbons (Fsp3) is 0.167. The Balaban J connectivity index is 1.60. The number of hydrogen-bond acceptors (Lipinski definition) is 7. The number of rotatable bonds is 8. The van der Waals surface area contributed by atoms with Crippen LogP contribution < -0.4 is 19.6 Å². The van der Waals surface area contributed by atoms with Crippen molar-refractivity contribution in [3.8, 4) is 17.1 Å². The number of allylic oxidation sites excluding steroid dienone is 1. The SMILES string of the molecule is C=CCOc1ccc([C@H]2C(C(=O)OCC)=C(C)N=c3s/c(=C\c4ccc(-c5cccc(Br)c5)o4)c(=O)n32)cc1. The molecule has 0 aliphatic carbocycles. The van der Waals surface area contributed by atoms with Crippen LogP contribution in [0, 0.1) is 0 Å². The van der Waals surface area contributed by atoms with Crippen molar-refractivity contribution in [1.82, 2.24) is 4.57 Å². The zero-order valence-corrected chi connectivity index (χ0v) is 23.8. The molecule has 2 aromatic carbocycles. The van der Waals surface area contributed by atoms with Crippen LogP contribution in [0.3, 0.4) is 0 Å². The van der Waals surface area contributed by atoms with Crippen LogP contribution >= 0.6 is 27.3 Å². The molecular weight excluding hydrogens is 580 g/mol. The van der Waals surface area contributed by atoms with Crippen molar-refractivity contribution in [3.63, 3.8) is 0 Å². The van der Waals surface area contributed by atoms with Gasteiger partial charge in [0.2, 0.25) is 0 Å². The number of nitrogens with zero attached hydrogens (tertiary/aromatic N) is 2. The largest absolute Gasteiger partial charge is 0.490 e. The lowest BCUT2D eigenvalue weighted by molar-refractivity contribution is -0.139. The minimum Gasteiger partial charge on any atom is -0.490 e. The van der Waals surface area contributed by atoms with Crippen LogP contribution in [0.1, 0.15) is 31.2 Å². The van der Waals surface area contributed by atoms with Crippen molar-refractivity contribution >= 4 is 39.3 Å². The molecule has 5 rings (SSSR count). The standard InChI is InChI=1S/C30H25BrN2O5S/c1-4-15-37-22-11-9-19(10-12-22)27-26(29(35)36-5-2)18(3)32-30-33(27)28(34)25(39-30)17-23-13-14-24(38-23)20-7-6-8-21(31)16-20/h4,6-14,16-17,27H,1,5,15H2,2-3H3/b25-17-/t27-/m0/s1. The Morgan fingerprint density at radius 1 is 1.21 bits per heavy atom. The highest BCUT2D eigenvalue weighted by Gasteiger charge is 2.33. The van der Waals surface area contributed by atoms with Crippen LogP contribution in [0.25, 0.3) is 17.4 Å².